The molecule has 26 heavy (non-hydrogen) atoms. The molecule has 3 aromatic rings. The normalized spacial score (nSPS) is 17.3. The van der Waals surface area contributed by atoms with Crippen molar-refractivity contribution in [2.75, 3.05) is 0 Å². The molecule has 0 saturated heterocycles. The van der Waals surface area contributed by atoms with Crippen molar-refractivity contribution in [2.45, 2.75) is 32.4 Å². The topological polar surface area (TPSA) is 30.7 Å². The van der Waals surface area contributed by atoms with Crippen LogP contribution in [0.4, 0.5) is 13.2 Å². The Hall–Kier alpha value is -1.86. The van der Waals surface area contributed by atoms with E-state index in [0.29, 0.717) is 34.8 Å². The Labute approximate surface area is 157 Å². The zero-order valence-corrected chi connectivity index (χ0v) is 15.4. The highest BCUT2D eigenvalue weighted by molar-refractivity contribution is 7.12. The Morgan fingerprint density at radius 2 is 1.96 bits per heavy atom. The number of aromatic nitrogens is 3. The van der Waals surface area contributed by atoms with Crippen LogP contribution in [0.1, 0.15) is 30.3 Å². The van der Waals surface area contributed by atoms with Gasteiger partial charge in [0, 0.05) is 21.5 Å². The van der Waals surface area contributed by atoms with E-state index in [1.807, 2.05) is 6.92 Å². The van der Waals surface area contributed by atoms with E-state index in [1.54, 1.807) is 29.6 Å². The van der Waals surface area contributed by atoms with Crippen LogP contribution in [0, 0.1) is 5.92 Å². The van der Waals surface area contributed by atoms with Crippen LogP contribution in [0.3, 0.4) is 0 Å². The Bertz CT molecular complexity index is 944. The molecular formula is C18H15ClF3N3S. The Morgan fingerprint density at radius 3 is 2.65 bits per heavy atom. The second-order valence-corrected chi connectivity index (χ2v) is 7.83. The molecule has 0 amide bonds. The molecule has 0 N–H and O–H groups in total. The molecule has 3 nitrogen and oxygen atoms in total. The van der Waals surface area contributed by atoms with Crippen LogP contribution < -0.4 is 0 Å². The first-order valence-electron chi connectivity index (χ1n) is 8.22. The van der Waals surface area contributed by atoms with Gasteiger partial charge in [-0.25, -0.2) is 9.67 Å². The maximum atomic E-state index is 13.8. The summed E-state index contributed by atoms with van der Waals surface area (Å²) in [7, 11) is 0. The van der Waals surface area contributed by atoms with Gasteiger partial charge in [-0.15, -0.1) is 11.3 Å². The van der Waals surface area contributed by atoms with Crippen molar-refractivity contribution in [3.63, 3.8) is 0 Å². The molecule has 2 aromatic heterocycles. The van der Waals surface area contributed by atoms with Gasteiger partial charge in [-0.05, 0) is 37.3 Å². The molecule has 0 saturated carbocycles. The SMILES string of the molecule is CC1CCc2nn(-c3nc(-c4ccc(Cl)cc4)cs3)c(C(F)(F)F)c2C1. The van der Waals surface area contributed by atoms with Crippen molar-refractivity contribution >= 4 is 22.9 Å². The highest BCUT2D eigenvalue weighted by atomic mass is 35.5. The molecule has 136 valence electrons. The fourth-order valence-corrected chi connectivity index (χ4v) is 4.20. The highest BCUT2D eigenvalue weighted by Gasteiger charge is 2.42. The predicted octanol–water partition coefficient (Wildman–Crippen LogP) is 5.79. The van der Waals surface area contributed by atoms with E-state index in [2.05, 4.69) is 10.1 Å². The summed E-state index contributed by atoms with van der Waals surface area (Å²) < 4.78 is 42.3. The van der Waals surface area contributed by atoms with Crippen molar-refractivity contribution in [2.24, 2.45) is 5.92 Å². The average Bonchev–Trinajstić information content (AvgIpc) is 3.18. The van der Waals surface area contributed by atoms with Gasteiger partial charge in [0.2, 0.25) is 5.13 Å². The third-order valence-corrected chi connectivity index (χ3v) is 5.64. The minimum atomic E-state index is -4.47. The zero-order valence-electron chi connectivity index (χ0n) is 13.8. The van der Waals surface area contributed by atoms with E-state index in [-0.39, 0.29) is 11.0 Å². The molecule has 0 aliphatic heterocycles. The highest BCUT2D eigenvalue weighted by Crippen LogP contribution is 2.39. The first-order chi connectivity index (χ1) is 12.3. The summed E-state index contributed by atoms with van der Waals surface area (Å²) in [6, 6.07) is 7.04. The number of rotatable bonds is 2. The lowest BCUT2D eigenvalue weighted by atomic mass is 9.87. The van der Waals surface area contributed by atoms with Crippen molar-refractivity contribution in [1.29, 1.82) is 0 Å². The second-order valence-electron chi connectivity index (χ2n) is 6.55. The van der Waals surface area contributed by atoms with Gasteiger partial charge >= 0.3 is 6.18 Å². The smallest absolute Gasteiger partial charge is 0.218 e. The molecule has 1 aliphatic rings. The van der Waals surface area contributed by atoms with Crippen molar-refractivity contribution < 1.29 is 13.2 Å². The van der Waals surface area contributed by atoms with Crippen LogP contribution >= 0.6 is 22.9 Å². The first kappa shape index (κ1) is 17.5. The average molecular weight is 398 g/mol. The molecule has 1 unspecified atom stereocenters. The lowest BCUT2D eigenvalue weighted by Crippen LogP contribution is -2.18. The molecular weight excluding hydrogens is 383 g/mol. The minimum absolute atomic E-state index is 0.224. The molecule has 0 bridgehead atoms. The largest absolute Gasteiger partial charge is 0.433 e. The van der Waals surface area contributed by atoms with Gasteiger partial charge in [-0.2, -0.15) is 18.3 Å². The fraction of sp³-hybridized carbons (Fsp3) is 0.333. The summed E-state index contributed by atoms with van der Waals surface area (Å²) in [5.41, 5.74) is 1.59. The van der Waals surface area contributed by atoms with Crippen LogP contribution in [0.25, 0.3) is 16.4 Å². The maximum Gasteiger partial charge on any atom is 0.433 e. The van der Waals surface area contributed by atoms with E-state index in [9.17, 15) is 13.2 Å². The molecule has 1 atom stereocenters. The number of halogens is 4. The van der Waals surface area contributed by atoms with Gasteiger partial charge < -0.3 is 0 Å². The van der Waals surface area contributed by atoms with E-state index >= 15 is 0 Å². The van der Waals surface area contributed by atoms with E-state index in [0.717, 1.165) is 28.0 Å². The summed E-state index contributed by atoms with van der Waals surface area (Å²) in [6.07, 6.45) is -2.64. The fourth-order valence-electron chi connectivity index (χ4n) is 3.29. The summed E-state index contributed by atoms with van der Waals surface area (Å²) in [6.45, 7) is 1.97. The number of aryl methyl sites for hydroxylation is 1. The lowest BCUT2D eigenvalue weighted by Gasteiger charge is -2.18. The standard InChI is InChI=1S/C18H15ClF3N3S/c1-10-2-7-14-13(8-10)16(18(20,21)22)25(24-14)17-23-15(9-26-17)11-3-5-12(19)6-4-11/h3-6,9-10H,2,7-8H2,1H3. The number of benzene rings is 1. The number of alkyl halides is 3. The molecule has 8 heteroatoms. The molecule has 0 spiro atoms. The quantitative estimate of drug-likeness (QED) is 0.547. The molecule has 0 fully saturated rings. The molecule has 1 aliphatic carbocycles. The third-order valence-electron chi connectivity index (χ3n) is 4.57. The summed E-state index contributed by atoms with van der Waals surface area (Å²) >= 11 is 7.04. The van der Waals surface area contributed by atoms with Gasteiger partial charge in [-0.3, -0.25) is 0 Å². The Kier molecular flexibility index (Phi) is 4.31. The number of hydrogen-bond donors (Lipinski definition) is 0. The molecule has 0 radical (unpaired) electrons. The maximum absolute atomic E-state index is 13.8. The summed E-state index contributed by atoms with van der Waals surface area (Å²) in [5, 5.41) is 6.83. The van der Waals surface area contributed by atoms with E-state index in [1.165, 1.54) is 0 Å². The third kappa shape index (κ3) is 3.14. The van der Waals surface area contributed by atoms with Gasteiger partial charge in [0.05, 0.1) is 11.4 Å². The number of nitrogens with zero attached hydrogens (tertiary/aromatic N) is 3. The van der Waals surface area contributed by atoms with Gasteiger partial charge in [-0.1, -0.05) is 30.7 Å². The molecule has 1 aromatic carbocycles. The number of hydrogen-bond acceptors (Lipinski definition) is 3. The minimum Gasteiger partial charge on any atom is -0.218 e. The van der Waals surface area contributed by atoms with Crippen molar-refractivity contribution in [3.8, 4) is 16.4 Å². The zero-order chi connectivity index (χ0) is 18.5. The van der Waals surface area contributed by atoms with Crippen LogP contribution in [-0.4, -0.2) is 14.8 Å². The van der Waals surface area contributed by atoms with Crippen LogP contribution in [0.15, 0.2) is 29.6 Å². The van der Waals surface area contributed by atoms with Crippen LogP contribution in [-0.2, 0) is 19.0 Å². The van der Waals surface area contributed by atoms with E-state index < -0.39 is 11.9 Å². The van der Waals surface area contributed by atoms with Gasteiger partial charge in [0.25, 0.3) is 0 Å². The van der Waals surface area contributed by atoms with Crippen LogP contribution in [0.5, 0.6) is 0 Å². The predicted molar refractivity (Wildman–Crippen MR) is 95.9 cm³/mol. The van der Waals surface area contributed by atoms with Crippen molar-refractivity contribution in [3.05, 3.63) is 51.6 Å². The molecule has 2 heterocycles. The molecule has 4 rings (SSSR count). The number of thiazole rings is 1. The van der Waals surface area contributed by atoms with Crippen molar-refractivity contribution in [1.82, 2.24) is 14.8 Å². The van der Waals surface area contributed by atoms with E-state index in [4.69, 9.17) is 11.6 Å². The van der Waals surface area contributed by atoms with Gasteiger partial charge in [0.1, 0.15) is 0 Å². The monoisotopic (exact) mass is 397 g/mol. The Balaban J connectivity index is 1.80. The number of fused-ring (bicyclic) bond motifs is 1. The summed E-state index contributed by atoms with van der Waals surface area (Å²) in [5.74, 6) is 0.224. The summed E-state index contributed by atoms with van der Waals surface area (Å²) in [4.78, 5) is 4.39. The van der Waals surface area contributed by atoms with Gasteiger partial charge in [0.15, 0.2) is 5.69 Å². The first-order valence-corrected chi connectivity index (χ1v) is 9.48. The Morgan fingerprint density at radius 1 is 1.23 bits per heavy atom. The van der Waals surface area contributed by atoms with Crippen LogP contribution in [0.2, 0.25) is 5.02 Å². The lowest BCUT2D eigenvalue weighted by molar-refractivity contribution is -0.143. The second kappa shape index (κ2) is 6.39.